The summed E-state index contributed by atoms with van der Waals surface area (Å²) in [5.74, 6) is -3.10. The van der Waals surface area contributed by atoms with Crippen LogP contribution in [0.5, 0.6) is 0 Å². The van der Waals surface area contributed by atoms with Crippen LogP contribution < -0.4 is 5.32 Å². The maximum absolute atomic E-state index is 13.1. The molecule has 1 saturated heterocycles. The SMILES string of the molecule is CO[C@H]1C=CCCC=CC(=O)O[C@H]([C@H](C)C(=O)C[C@@H](O)CC2CC(=O)NC(=O)C2)C(C)=C[C@@H](C)[C@@H]1O. The van der Waals surface area contributed by atoms with E-state index in [1.807, 2.05) is 13.0 Å². The summed E-state index contributed by atoms with van der Waals surface area (Å²) in [6, 6.07) is 0. The summed E-state index contributed by atoms with van der Waals surface area (Å²) in [5, 5.41) is 23.5. The normalized spacial score (nSPS) is 28.5. The van der Waals surface area contributed by atoms with Gasteiger partial charge >= 0.3 is 5.97 Å². The minimum absolute atomic E-state index is 0.124. The van der Waals surface area contributed by atoms with Crippen molar-refractivity contribution in [1.82, 2.24) is 5.32 Å². The number of ketones is 1. The second-order valence-electron chi connectivity index (χ2n) is 9.82. The number of aliphatic hydroxyl groups is 2. The van der Waals surface area contributed by atoms with Gasteiger partial charge in [0.15, 0.2) is 0 Å². The number of imide groups is 1. The highest BCUT2D eigenvalue weighted by atomic mass is 16.5. The molecule has 1 fully saturated rings. The monoisotopic (exact) mass is 505 g/mol. The molecule has 200 valence electrons. The van der Waals surface area contributed by atoms with Crippen molar-refractivity contribution in [2.75, 3.05) is 7.11 Å². The second kappa shape index (κ2) is 14.2. The molecule has 0 aromatic carbocycles. The minimum atomic E-state index is -1.03. The van der Waals surface area contributed by atoms with E-state index in [0.717, 1.165) is 0 Å². The van der Waals surface area contributed by atoms with Crippen molar-refractivity contribution in [1.29, 1.82) is 0 Å². The molecule has 2 aliphatic rings. The number of ether oxygens (including phenoxy) is 2. The van der Waals surface area contributed by atoms with Gasteiger partial charge < -0.3 is 19.7 Å². The summed E-state index contributed by atoms with van der Waals surface area (Å²) >= 11 is 0. The van der Waals surface area contributed by atoms with Crippen LogP contribution in [0.4, 0.5) is 0 Å². The Hall–Kier alpha value is -2.62. The van der Waals surface area contributed by atoms with Gasteiger partial charge in [-0.25, -0.2) is 4.79 Å². The minimum Gasteiger partial charge on any atom is -0.454 e. The highest BCUT2D eigenvalue weighted by Gasteiger charge is 2.33. The molecule has 9 nitrogen and oxygen atoms in total. The van der Waals surface area contributed by atoms with E-state index in [-0.39, 0.29) is 55.1 Å². The van der Waals surface area contributed by atoms with Crippen molar-refractivity contribution >= 4 is 23.6 Å². The van der Waals surface area contributed by atoms with Gasteiger partial charge in [-0.1, -0.05) is 38.2 Å². The zero-order valence-corrected chi connectivity index (χ0v) is 21.5. The second-order valence-corrected chi connectivity index (χ2v) is 9.82. The first-order valence-electron chi connectivity index (χ1n) is 12.5. The third-order valence-corrected chi connectivity index (χ3v) is 6.68. The van der Waals surface area contributed by atoms with Crippen LogP contribution in [0.15, 0.2) is 36.0 Å². The molecular formula is C27H39NO8. The molecule has 6 atom stereocenters. The zero-order valence-electron chi connectivity index (χ0n) is 21.5. The number of carbonyl (C=O) groups excluding carboxylic acids is 4. The smallest absolute Gasteiger partial charge is 0.331 e. The molecule has 2 rings (SSSR count). The Morgan fingerprint density at radius 2 is 1.83 bits per heavy atom. The fourth-order valence-corrected chi connectivity index (χ4v) is 4.67. The molecule has 2 amide bonds. The standard InChI is InChI=1S/C27H39NO8/c1-16-11-17(2)27(36-25(33)10-8-6-5-7-9-22(35-4)26(16)34)18(3)21(30)15-20(29)12-19-13-23(31)28-24(32)14-19/h7-11,16,18-20,22,26-27,29,34H,5-6,12-15H2,1-4H3,(H,28,31,32)/t16-,18-,20+,22+,26+,27+/m1/s1. The third-order valence-electron chi connectivity index (χ3n) is 6.68. The molecule has 0 saturated carbocycles. The number of allylic oxidation sites excluding steroid dienone is 2. The number of esters is 1. The number of rotatable bonds is 7. The van der Waals surface area contributed by atoms with Gasteiger partial charge in [0.1, 0.15) is 18.0 Å². The van der Waals surface area contributed by atoms with E-state index in [0.29, 0.717) is 18.4 Å². The molecule has 2 aliphatic heterocycles. The van der Waals surface area contributed by atoms with Crippen molar-refractivity contribution in [3.8, 4) is 0 Å². The lowest BCUT2D eigenvalue weighted by molar-refractivity contribution is -0.145. The van der Waals surface area contributed by atoms with Crippen LogP contribution in [0.1, 0.15) is 59.3 Å². The maximum Gasteiger partial charge on any atom is 0.331 e. The highest BCUT2D eigenvalue weighted by Crippen LogP contribution is 2.26. The molecule has 0 bridgehead atoms. The average Bonchev–Trinajstić information content (AvgIpc) is 2.79. The van der Waals surface area contributed by atoms with Crippen molar-refractivity contribution in [2.24, 2.45) is 17.8 Å². The van der Waals surface area contributed by atoms with Crippen molar-refractivity contribution in [2.45, 2.75) is 83.7 Å². The summed E-state index contributed by atoms with van der Waals surface area (Å²) in [7, 11) is 1.52. The number of hydrogen-bond acceptors (Lipinski definition) is 8. The number of nitrogens with one attached hydrogen (secondary N) is 1. The molecule has 0 unspecified atom stereocenters. The fourth-order valence-electron chi connectivity index (χ4n) is 4.67. The molecular weight excluding hydrogens is 466 g/mol. The number of piperidine rings is 1. The number of Topliss-reactive ketones (excluding diaryl/α,β-unsaturated/α-hetero) is 1. The Labute approximate surface area is 212 Å². The lowest BCUT2D eigenvalue weighted by atomic mass is 9.85. The van der Waals surface area contributed by atoms with E-state index < -0.39 is 36.3 Å². The van der Waals surface area contributed by atoms with Crippen LogP contribution in [0.25, 0.3) is 0 Å². The molecule has 36 heavy (non-hydrogen) atoms. The van der Waals surface area contributed by atoms with Gasteiger partial charge in [0.05, 0.1) is 18.1 Å². The van der Waals surface area contributed by atoms with Crippen molar-refractivity contribution < 1.29 is 38.9 Å². The zero-order chi connectivity index (χ0) is 26.8. The van der Waals surface area contributed by atoms with Gasteiger partial charge in [-0.05, 0) is 37.7 Å². The first kappa shape index (κ1) is 29.6. The molecule has 0 spiro atoms. The summed E-state index contributed by atoms with van der Waals surface area (Å²) in [5.41, 5.74) is 0.601. The average molecular weight is 506 g/mol. The molecule has 0 aromatic heterocycles. The summed E-state index contributed by atoms with van der Waals surface area (Å²) in [6.07, 6.45) is 6.66. The molecule has 3 N–H and O–H groups in total. The van der Waals surface area contributed by atoms with Gasteiger partial charge in [-0.3, -0.25) is 19.7 Å². The van der Waals surface area contributed by atoms with E-state index in [1.165, 1.54) is 13.2 Å². The maximum atomic E-state index is 13.1. The number of amides is 2. The quantitative estimate of drug-likeness (QED) is 0.272. The van der Waals surface area contributed by atoms with Gasteiger partial charge in [0.25, 0.3) is 0 Å². The van der Waals surface area contributed by atoms with Gasteiger partial charge in [-0.15, -0.1) is 0 Å². The van der Waals surface area contributed by atoms with Gasteiger partial charge in [-0.2, -0.15) is 0 Å². The van der Waals surface area contributed by atoms with E-state index in [2.05, 4.69) is 5.32 Å². The first-order valence-corrected chi connectivity index (χ1v) is 12.5. The lowest BCUT2D eigenvalue weighted by Crippen LogP contribution is -2.40. The van der Waals surface area contributed by atoms with E-state index in [9.17, 15) is 29.4 Å². The van der Waals surface area contributed by atoms with Crippen LogP contribution in [-0.4, -0.2) is 65.3 Å². The summed E-state index contributed by atoms with van der Waals surface area (Å²) in [4.78, 5) is 48.7. The largest absolute Gasteiger partial charge is 0.454 e. The van der Waals surface area contributed by atoms with Gasteiger partial charge in [0.2, 0.25) is 11.8 Å². The van der Waals surface area contributed by atoms with Crippen LogP contribution in [0.3, 0.4) is 0 Å². The molecule has 0 aromatic rings. The Bertz CT molecular complexity index is 876. The van der Waals surface area contributed by atoms with E-state index in [1.54, 1.807) is 32.1 Å². The Balaban J connectivity index is 2.17. The van der Waals surface area contributed by atoms with E-state index >= 15 is 0 Å². The number of cyclic esters (lactones) is 1. The Morgan fingerprint density at radius 1 is 1.19 bits per heavy atom. The Kier molecular flexibility index (Phi) is 11.7. The van der Waals surface area contributed by atoms with Crippen LogP contribution in [0.2, 0.25) is 0 Å². The molecule has 0 radical (unpaired) electrons. The summed E-state index contributed by atoms with van der Waals surface area (Å²) in [6.45, 7) is 5.19. The lowest BCUT2D eigenvalue weighted by Gasteiger charge is -2.28. The Morgan fingerprint density at radius 3 is 2.47 bits per heavy atom. The summed E-state index contributed by atoms with van der Waals surface area (Å²) < 4.78 is 11.1. The van der Waals surface area contributed by atoms with Gasteiger partial charge in [0, 0.05) is 38.4 Å². The molecule has 2 heterocycles. The topological polar surface area (TPSA) is 139 Å². The third kappa shape index (κ3) is 9.11. The fraction of sp³-hybridized carbons (Fsp3) is 0.630. The molecule has 9 heteroatoms. The molecule has 0 aliphatic carbocycles. The number of methoxy groups -OCH3 is 1. The van der Waals surface area contributed by atoms with Crippen LogP contribution in [-0.2, 0) is 28.7 Å². The number of hydrogen-bond donors (Lipinski definition) is 3. The van der Waals surface area contributed by atoms with Crippen LogP contribution >= 0.6 is 0 Å². The van der Waals surface area contributed by atoms with Crippen LogP contribution in [0, 0.1) is 17.8 Å². The van der Waals surface area contributed by atoms with E-state index in [4.69, 9.17) is 9.47 Å². The first-order chi connectivity index (χ1) is 17.0. The predicted octanol–water partition coefficient (Wildman–Crippen LogP) is 2.16. The predicted molar refractivity (Wildman–Crippen MR) is 132 cm³/mol. The number of aliphatic hydroxyl groups excluding tert-OH is 2. The highest BCUT2D eigenvalue weighted by molar-refractivity contribution is 5.97. The number of carbonyl (C=O) groups is 4. The van der Waals surface area contributed by atoms with Crippen molar-refractivity contribution in [3.63, 3.8) is 0 Å². The van der Waals surface area contributed by atoms with Crippen molar-refractivity contribution in [3.05, 3.63) is 36.0 Å².